The number of amides is 1. The van der Waals surface area contributed by atoms with E-state index < -0.39 is 5.91 Å². The Morgan fingerprint density at radius 1 is 1.50 bits per heavy atom. The van der Waals surface area contributed by atoms with E-state index >= 15 is 0 Å². The van der Waals surface area contributed by atoms with Crippen molar-refractivity contribution in [2.24, 2.45) is 12.8 Å². The lowest BCUT2D eigenvalue weighted by Gasteiger charge is -2.05. The van der Waals surface area contributed by atoms with Crippen LogP contribution in [0.5, 0.6) is 5.75 Å². The summed E-state index contributed by atoms with van der Waals surface area (Å²) in [6.45, 7) is 0. The molecule has 6 heteroatoms. The normalized spacial score (nSPS) is 10.6. The molecule has 6 nitrogen and oxygen atoms in total. The molecule has 0 atom stereocenters. The minimum Gasteiger partial charge on any atom is -0.494 e. The Morgan fingerprint density at radius 3 is 2.75 bits per heavy atom. The van der Waals surface area contributed by atoms with E-state index in [1.165, 1.54) is 7.11 Å². The number of anilines is 1. The van der Waals surface area contributed by atoms with Crippen molar-refractivity contribution in [3.63, 3.8) is 0 Å². The zero-order valence-electron chi connectivity index (χ0n) is 9.02. The van der Waals surface area contributed by atoms with E-state index in [2.05, 4.69) is 4.98 Å². The zero-order chi connectivity index (χ0) is 11.9. The number of ether oxygens (including phenoxy) is 1. The molecule has 0 aliphatic rings. The molecule has 0 aliphatic carbocycles. The molecule has 0 aliphatic heterocycles. The molecular formula is C10H12N4O2. The molecule has 16 heavy (non-hydrogen) atoms. The van der Waals surface area contributed by atoms with Crippen LogP contribution in [0.2, 0.25) is 0 Å². The molecule has 0 bridgehead atoms. The fourth-order valence-corrected chi connectivity index (χ4v) is 1.63. The van der Waals surface area contributed by atoms with Crippen LogP contribution in [0.15, 0.2) is 12.1 Å². The number of nitrogens with zero attached hydrogens (tertiary/aromatic N) is 2. The average molecular weight is 220 g/mol. The Balaban J connectivity index is 2.83. The number of fused-ring (bicyclic) bond motifs is 1. The van der Waals surface area contributed by atoms with Gasteiger partial charge in [0.1, 0.15) is 11.3 Å². The third-order valence-electron chi connectivity index (χ3n) is 2.47. The predicted molar refractivity (Wildman–Crippen MR) is 60.2 cm³/mol. The number of carbonyl (C=O) groups is 1. The van der Waals surface area contributed by atoms with Crippen LogP contribution >= 0.6 is 0 Å². The minimum absolute atomic E-state index is 0.349. The number of benzene rings is 1. The summed E-state index contributed by atoms with van der Waals surface area (Å²) >= 11 is 0. The van der Waals surface area contributed by atoms with E-state index in [0.717, 1.165) is 5.52 Å². The molecule has 0 radical (unpaired) electrons. The molecule has 0 unspecified atom stereocenters. The van der Waals surface area contributed by atoms with Gasteiger partial charge in [-0.05, 0) is 12.1 Å². The first-order valence-electron chi connectivity index (χ1n) is 4.64. The largest absolute Gasteiger partial charge is 0.494 e. The second-order valence-corrected chi connectivity index (χ2v) is 3.44. The highest BCUT2D eigenvalue weighted by Crippen LogP contribution is 2.28. The number of aryl methyl sites for hydroxylation is 1. The molecule has 0 fully saturated rings. The van der Waals surface area contributed by atoms with Crippen molar-refractivity contribution in [2.75, 3.05) is 12.8 Å². The summed E-state index contributed by atoms with van der Waals surface area (Å²) in [6.07, 6.45) is 0. The van der Waals surface area contributed by atoms with Crippen LogP contribution in [0.25, 0.3) is 11.0 Å². The fraction of sp³-hybridized carbons (Fsp3) is 0.200. The van der Waals surface area contributed by atoms with Gasteiger partial charge in [-0.3, -0.25) is 4.79 Å². The van der Waals surface area contributed by atoms with Gasteiger partial charge in [-0.2, -0.15) is 0 Å². The van der Waals surface area contributed by atoms with Crippen molar-refractivity contribution < 1.29 is 9.53 Å². The number of nitrogens with two attached hydrogens (primary N) is 2. The Kier molecular flexibility index (Phi) is 2.19. The van der Waals surface area contributed by atoms with Crippen molar-refractivity contribution in [1.82, 2.24) is 9.55 Å². The van der Waals surface area contributed by atoms with Crippen LogP contribution < -0.4 is 16.2 Å². The van der Waals surface area contributed by atoms with Gasteiger partial charge in [-0.15, -0.1) is 0 Å². The van der Waals surface area contributed by atoms with Crippen LogP contribution in [-0.4, -0.2) is 22.6 Å². The second kappa shape index (κ2) is 3.41. The van der Waals surface area contributed by atoms with E-state index in [0.29, 0.717) is 22.8 Å². The predicted octanol–water partition coefficient (Wildman–Crippen LogP) is 0.263. The summed E-state index contributed by atoms with van der Waals surface area (Å²) in [5.41, 5.74) is 12.6. The monoisotopic (exact) mass is 220 g/mol. The van der Waals surface area contributed by atoms with Gasteiger partial charge in [0, 0.05) is 12.6 Å². The van der Waals surface area contributed by atoms with Gasteiger partial charge in [0.2, 0.25) is 11.9 Å². The van der Waals surface area contributed by atoms with Gasteiger partial charge in [0.05, 0.1) is 12.6 Å². The van der Waals surface area contributed by atoms with Crippen LogP contribution in [0.3, 0.4) is 0 Å². The molecular weight excluding hydrogens is 208 g/mol. The maximum atomic E-state index is 11.1. The topological polar surface area (TPSA) is 96.2 Å². The zero-order valence-corrected chi connectivity index (χ0v) is 9.02. The summed E-state index contributed by atoms with van der Waals surface area (Å²) in [6, 6.07) is 3.17. The summed E-state index contributed by atoms with van der Waals surface area (Å²) in [5, 5.41) is 0. The molecule has 0 saturated heterocycles. The third kappa shape index (κ3) is 1.35. The molecule has 1 aromatic carbocycles. The van der Waals surface area contributed by atoms with Crippen LogP contribution in [0, 0.1) is 0 Å². The lowest BCUT2D eigenvalue weighted by atomic mass is 10.1. The molecule has 0 saturated carbocycles. The number of carbonyl (C=O) groups excluding carboxylic acids is 1. The lowest BCUT2D eigenvalue weighted by molar-refractivity contribution is 0.1000. The summed E-state index contributed by atoms with van der Waals surface area (Å²) < 4.78 is 6.88. The molecule has 84 valence electrons. The van der Waals surface area contributed by atoms with Crippen LogP contribution in [-0.2, 0) is 7.05 Å². The quantitative estimate of drug-likeness (QED) is 0.758. The Morgan fingerprint density at radius 2 is 2.19 bits per heavy atom. The van der Waals surface area contributed by atoms with E-state index in [1.54, 1.807) is 23.7 Å². The van der Waals surface area contributed by atoms with E-state index in [9.17, 15) is 4.79 Å². The first-order valence-corrected chi connectivity index (χ1v) is 4.64. The van der Waals surface area contributed by atoms with E-state index in [1.807, 2.05) is 0 Å². The van der Waals surface area contributed by atoms with Crippen molar-refractivity contribution >= 4 is 22.9 Å². The maximum Gasteiger partial charge on any atom is 0.248 e. The Hall–Kier alpha value is -2.24. The second-order valence-electron chi connectivity index (χ2n) is 3.44. The van der Waals surface area contributed by atoms with Crippen LogP contribution in [0.1, 0.15) is 10.4 Å². The van der Waals surface area contributed by atoms with Gasteiger partial charge in [0.25, 0.3) is 0 Å². The Labute approximate surface area is 91.8 Å². The van der Waals surface area contributed by atoms with Gasteiger partial charge in [-0.25, -0.2) is 4.98 Å². The molecule has 1 heterocycles. The highest BCUT2D eigenvalue weighted by atomic mass is 16.5. The van der Waals surface area contributed by atoms with Crippen LogP contribution in [0.4, 0.5) is 5.95 Å². The average Bonchev–Trinajstić information content (AvgIpc) is 2.53. The highest BCUT2D eigenvalue weighted by Gasteiger charge is 2.14. The molecule has 0 spiro atoms. The van der Waals surface area contributed by atoms with Gasteiger partial charge in [-0.1, -0.05) is 0 Å². The molecule has 1 amide bonds. The number of nitrogen functional groups attached to an aromatic ring is 1. The van der Waals surface area contributed by atoms with E-state index in [-0.39, 0.29) is 0 Å². The summed E-state index contributed by atoms with van der Waals surface area (Å²) in [7, 11) is 3.29. The summed E-state index contributed by atoms with van der Waals surface area (Å²) in [5.74, 6) is 0.359. The van der Waals surface area contributed by atoms with Gasteiger partial charge >= 0.3 is 0 Å². The number of aromatic nitrogens is 2. The first kappa shape index (κ1) is 10.3. The number of hydrogen-bond donors (Lipinski definition) is 2. The fourth-order valence-electron chi connectivity index (χ4n) is 1.63. The molecule has 4 N–H and O–H groups in total. The number of rotatable bonds is 2. The molecule has 1 aromatic heterocycles. The van der Waals surface area contributed by atoms with E-state index in [4.69, 9.17) is 16.2 Å². The number of imidazole rings is 1. The third-order valence-corrected chi connectivity index (χ3v) is 2.47. The molecule has 2 aromatic rings. The van der Waals surface area contributed by atoms with Crippen molar-refractivity contribution in [3.8, 4) is 5.75 Å². The first-order chi connectivity index (χ1) is 7.54. The summed E-state index contributed by atoms with van der Waals surface area (Å²) in [4.78, 5) is 15.2. The Bertz CT molecular complexity index is 574. The highest BCUT2D eigenvalue weighted by molar-refractivity contribution is 5.98. The maximum absolute atomic E-state index is 11.1. The number of hydrogen-bond acceptors (Lipinski definition) is 4. The van der Waals surface area contributed by atoms with Gasteiger partial charge < -0.3 is 20.8 Å². The number of primary amides is 1. The smallest absolute Gasteiger partial charge is 0.248 e. The minimum atomic E-state index is -0.524. The number of methoxy groups -OCH3 is 1. The van der Waals surface area contributed by atoms with Crippen molar-refractivity contribution in [2.45, 2.75) is 0 Å². The standard InChI is InChI=1S/C10H12N4O2/c1-14-8-6(13-10(14)12)3-5(9(11)15)4-7(8)16-2/h3-4H,1-2H3,(H2,11,15)(H2,12,13). The molecule has 2 rings (SSSR count). The lowest BCUT2D eigenvalue weighted by Crippen LogP contribution is -2.11. The SMILES string of the molecule is COc1cc(C(N)=O)cc2nc(N)n(C)c12. The van der Waals surface area contributed by atoms with Crippen molar-refractivity contribution in [3.05, 3.63) is 17.7 Å². The van der Waals surface area contributed by atoms with Gasteiger partial charge in [0.15, 0.2) is 0 Å². The van der Waals surface area contributed by atoms with Crippen molar-refractivity contribution in [1.29, 1.82) is 0 Å².